The van der Waals surface area contributed by atoms with Gasteiger partial charge in [0, 0.05) is 25.6 Å². The SMILES string of the molecule is COc1ccc(S(=O)(=O)N(CC(=O)N(Cc2ccc(F)cc2)C(Cc2ccccc2)C(=O)NCC(C)C)c2ccc(F)cc2)cc1OC. The molecule has 1 unspecified atom stereocenters. The number of amides is 2. The van der Waals surface area contributed by atoms with Crippen molar-refractivity contribution in [2.75, 3.05) is 31.6 Å². The van der Waals surface area contributed by atoms with Crippen molar-refractivity contribution in [1.29, 1.82) is 0 Å². The summed E-state index contributed by atoms with van der Waals surface area (Å²) in [7, 11) is -1.71. The second-order valence-corrected chi connectivity index (χ2v) is 13.4. The molecule has 0 bridgehead atoms. The number of nitrogens with zero attached hydrogens (tertiary/aromatic N) is 2. The number of ether oxygens (including phenoxy) is 2. The van der Waals surface area contributed by atoms with E-state index in [1.54, 1.807) is 0 Å². The Morgan fingerprint density at radius 2 is 1.40 bits per heavy atom. The van der Waals surface area contributed by atoms with Crippen molar-refractivity contribution in [3.63, 3.8) is 0 Å². The summed E-state index contributed by atoms with van der Waals surface area (Å²) in [6.45, 7) is 3.35. The number of halogens is 2. The zero-order valence-corrected chi connectivity index (χ0v) is 28.0. The average molecular weight is 680 g/mol. The fraction of sp³-hybridized carbons (Fsp3) is 0.278. The van der Waals surface area contributed by atoms with Gasteiger partial charge in [0.05, 0.1) is 24.8 Å². The molecule has 0 radical (unpaired) electrons. The lowest BCUT2D eigenvalue weighted by atomic mass is 10.0. The van der Waals surface area contributed by atoms with Gasteiger partial charge in [0.25, 0.3) is 10.0 Å². The van der Waals surface area contributed by atoms with Crippen molar-refractivity contribution in [2.45, 2.75) is 37.8 Å². The Kier molecular flexibility index (Phi) is 12.1. The molecule has 0 aliphatic heterocycles. The van der Waals surface area contributed by atoms with E-state index in [0.717, 1.165) is 22.0 Å². The molecule has 0 aromatic heterocycles. The second kappa shape index (κ2) is 16.2. The fourth-order valence-electron chi connectivity index (χ4n) is 5.00. The van der Waals surface area contributed by atoms with E-state index in [9.17, 15) is 26.8 Å². The molecule has 0 saturated carbocycles. The number of benzene rings is 4. The van der Waals surface area contributed by atoms with Crippen molar-refractivity contribution in [3.05, 3.63) is 120 Å². The summed E-state index contributed by atoms with van der Waals surface area (Å²) in [5, 5.41) is 2.91. The number of methoxy groups -OCH3 is 2. The van der Waals surface area contributed by atoms with E-state index in [2.05, 4.69) is 5.32 Å². The molecule has 0 aliphatic rings. The fourth-order valence-corrected chi connectivity index (χ4v) is 6.43. The third kappa shape index (κ3) is 9.09. The lowest BCUT2D eigenvalue weighted by molar-refractivity contribution is -0.140. The van der Waals surface area contributed by atoms with Crippen LogP contribution in [0.3, 0.4) is 0 Å². The normalized spacial score (nSPS) is 11.9. The maximum Gasteiger partial charge on any atom is 0.264 e. The molecular weight excluding hydrogens is 640 g/mol. The molecule has 1 atom stereocenters. The van der Waals surface area contributed by atoms with E-state index in [1.807, 2.05) is 44.2 Å². The van der Waals surface area contributed by atoms with Crippen molar-refractivity contribution in [1.82, 2.24) is 10.2 Å². The first-order valence-electron chi connectivity index (χ1n) is 15.3. The molecular formula is C36H39F2N3O6S. The lowest BCUT2D eigenvalue weighted by Gasteiger charge is -2.34. The van der Waals surface area contributed by atoms with Crippen molar-refractivity contribution in [3.8, 4) is 11.5 Å². The summed E-state index contributed by atoms with van der Waals surface area (Å²) in [5.41, 5.74) is 1.31. The highest BCUT2D eigenvalue weighted by Gasteiger charge is 2.35. The lowest BCUT2D eigenvalue weighted by Crippen LogP contribution is -2.53. The molecule has 0 heterocycles. The van der Waals surface area contributed by atoms with E-state index in [0.29, 0.717) is 17.9 Å². The van der Waals surface area contributed by atoms with Crippen LogP contribution >= 0.6 is 0 Å². The highest BCUT2D eigenvalue weighted by Crippen LogP contribution is 2.32. The molecule has 2 amide bonds. The van der Waals surface area contributed by atoms with Gasteiger partial charge < -0.3 is 19.7 Å². The Labute approximate surface area is 280 Å². The van der Waals surface area contributed by atoms with Crippen molar-refractivity contribution < 1.29 is 36.3 Å². The van der Waals surface area contributed by atoms with Gasteiger partial charge in [-0.15, -0.1) is 0 Å². The maximum absolute atomic E-state index is 14.5. The Morgan fingerprint density at radius 1 is 0.792 bits per heavy atom. The number of nitrogens with one attached hydrogen (secondary N) is 1. The maximum atomic E-state index is 14.5. The smallest absolute Gasteiger partial charge is 0.264 e. The summed E-state index contributed by atoms with van der Waals surface area (Å²) in [6.07, 6.45) is 0.122. The van der Waals surface area contributed by atoms with Gasteiger partial charge in [-0.25, -0.2) is 17.2 Å². The van der Waals surface area contributed by atoms with Gasteiger partial charge in [-0.05, 0) is 65.6 Å². The largest absolute Gasteiger partial charge is 0.493 e. The summed E-state index contributed by atoms with van der Waals surface area (Å²) in [6, 6.07) is 22.2. The third-order valence-electron chi connectivity index (χ3n) is 7.56. The molecule has 48 heavy (non-hydrogen) atoms. The van der Waals surface area contributed by atoms with Crippen LogP contribution in [-0.2, 0) is 32.6 Å². The first-order valence-corrected chi connectivity index (χ1v) is 16.7. The van der Waals surface area contributed by atoms with E-state index < -0.39 is 46.1 Å². The third-order valence-corrected chi connectivity index (χ3v) is 9.33. The minimum absolute atomic E-state index is 0.0186. The summed E-state index contributed by atoms with van der Waals surface area (Å²) >= 11 is 0. The first kappa shape index (κ1) is 35.9. The summed E-state index contributed by atoms with van der Waals surface area (Å²) in [5.74, 6) is -1.67. The summed E-state index contributed by atoms with van der Waals surface area (Å²) < 4.78 is 67.8. The van der Waals surface area contributed by atoms with Gasteiger partial charge >= 0.3 is 0 Å². The van der Waals surface area contributed by atoms with E-state index in [-0.39, 0.29) is 35.2 Å². The van der Waals surface area contributed by atoms with Crippen LogP contribution < -0.4 is 19.1 Å². The molecule has 254 valence electrons. The molecule has 12 heteroatoms. The number of sulfonamides is 1. The number of carbonyl (C=O) groups is 2. The molecule has 0 spiro atoms. The highest BCUT2D eigenvalue weighted by atomic mass is 32.2. The molecule has 4 aromatic rings. The van der Waals surface area contributed by atoms with Crippen LogP contribution in [0.2, 0.25) is 0 Å². The number of hydrogen-bond acceptors (Lipinski definition) is 6. The van der Waals surface area contributed by atoms with Crippen molar-refractivity contribution in [2.24, 2.45) is 5.92 Å². The van der Waals surface area contributed by atoms with Crippen LogP contribution in [0.4, 0.5) is 14.5 Å². The van der Waals surface area contributed by atoms with Gasteiger partial charge in [-0.3, -0.25) is 13.9 Å². The van der Waals surface area contributed by atoms with Gasteiger partial charge in [-0.2, -0.15) is 0 Å². The predicted molar refractivity (Wildman–Crippen MR) is 179 cm³/mol. The van der Waals surface area contributed by atoms with E-state index in [1.165, 1.54) is 73.7 Å². The van der Waals surface area contributed by atoms with E-state index >= 15 is 0 Å². The van der Waals surface area contributed by atoms with Crippen LogP contribution in [0.1, 0.15) is 25.0 Å². The molecule has 0 fully saturated rings. The molecule has 0 saturated heterocycles. The number of carbonyl (C=O) groups excluding carboxylic acids is 2. The van der Waals surface area contributed by atoms with Gasteiger partial charge in [0.15, 0.2) is 11.5 Å². The number of hydrogen-bond donors (Lipinski definition) is 1. The summed E-state index contributed by atoms with van der Waals surface area (Å²) in [4.78, 5) is 29.4. The predicted octanol–water partition coefficient (Wildman–Crippen LogP) is 5.59. The Morgan fingerprint density at radius 3 is 1.98 bits per heavy atom. The molecule has 1 N–H and O–H groups in total. The van der Waals surface area contributed by atoms with Gasteiger partial charge in [-0.1, -0.05) is 56.3 Å². The minimum Gasteiger partial charge on any atom is -0.493 e. The Bertz CT molecular complexity index is 1790. The Balaban J connectivity index is 1.81. The topological polar surface area (TPSA) is 105 Å². The van der Waals surface area contributed by atoms with Crippen molar-refractivity contribution >= 4 is 27.5 Å². The van der Waals surface area contributed by atoms with Crippen LogP contribution in [-0.4, -0.2) is 58.5 Å². The first-order chi connectivity index (χ1) is 22.9. The van der Waals surface area contributed by atoms with Crippen LogP contribution in [0.5, 0.6) is 11.5 Å². The average Bonchev–Trinajstić information content (AvgIpc) is 3.08. The number of anilines is 1. The quantitative estimate of drug-likeness (QED) is 0.176. The van der Waals surface area contributed by atoms with Crippen LogP contribution in [0.25, 0.3) is 0 Å². The monoisotopic (exact) mass is 679 g/mol. The second-order valence-electron chi connectivity index (χ2n) is 11.5. The van der Waals surface area contributed by atoms with Gasteiger partial charge in [0.2, 0.25) is 11.8 Å². The highest BCUT2D eigenvalue weighted by molar-refractivity contribution is 7.92. The standard InChI is InChI=1S/C36H39F2N3O6S/c1-25(2)22-39-36(43)32(20-26-8-6-5-7-9-26)40(23-27-10-12-28(37)13-11-27)35(42)24-41(30-16-14-29(38)15-17-30)48(44,45)31-18-19-33(46-3)34(21-31)47-4/h5-19,21,25,32H,20,22-24H2,1-4H3,(H,39,43). The molecule has 9 nitrogen and oxygen atoms in total. The van der Waals surface area contributed by atoms with E-state index in [4.69, 9.17) is 9.47 Å². The number of rotatable bonds is 15. The zero-order chi connectivity index (χ0) is 34.8. The zero-order valence-electron chi connectivity index (χ0n) is 27.2. The van der Waals surface area contributed by atoms with Gasteiger partial charge in [0.1, 0.15) is 24.2 Å². The molecule has 0 aliphatic carbocycles. The molecule has 4 aromatic carbocycles. The van der Waals surface area contributed by atoms with Crippen LogP contribution in [0.15, 0.2) is 102 Å². The Hall–Kier alpha value is -4.97. The van der Waals surface area contributed by atoms with Crippen LogP contribution in [0, 0.1) is 17.6 Å². The molecule has 4 rings (SSSR count). The minimum atomic E-state index is -4.48.